The highest BCUT2D eigenvalue weighted by Crippen LogP contribution is 2.36. The number of hydrogen-bond acceptors (Lipinski definition) is 5. The minimum atomic E-state index is -0.366. The molecule has 1 aliphatic heterocycles. The summed E-state index contributed by atoms with van der Waals surface area (Å²) < 4.78 is 0. The molecule has 4 rings (SSSR count). The van der Waals surface area contributed by atoms with E-state index < -0.39 is 0 Å². The van der Waals surface area contributed by atoms with Crippen LogP contribution in [0.2, 0.25) is 0 Å². The molecule has 174 valence electrons. The molecule has 6 nitrogen and oxygen atoms in total. The van der Waals surface area contributed by atoms with Gasteiger partial charge in [0.2, 0.25) is 0 Å². The molecule has 1 N–H and O–H groups in total. The second kappa shape index (κ2) is 9.06. The molecule has 0 spiro atoms. The van der Waals surface area contributed by atoms with Crippen LogP contribution in [-0.2, 0) is 9.59 Å². The van der Waals surface area contributed by atoms with Crippen molar-refractivity contribution in [1.29, 1.82) is 0 Å². The van der Waals surface area contributed by atoms with Gasteiger partial charge in [0.15, 0.2) is 0 Å². The topological polar surface area (TPSA) is 55.9 Å². The number of rotatable bonds is 6. The van der Waals surface area contributed by atoms with Crippen molar-refractivity contribution in [2.24, 2.45) is 0 Å². The number of anilines is 4. The molecule has 0 bridgehead atoms. The van der Waals surface area contributed by atoms with Gasteiger partial charge in [-0.25, -0.2) is 4.90 Å². The van der Waals surface area contributed by atoms with Crippen LogP contribution >= 0.6 is 0 Å². The Morgan fingerprint density at radius 1 is 0.706 bits per heavy atom. The fourth-order valence-electron chi connectivity index (χ4n) is 4.11. The molecule has 1 heterocycles. The van der Waals surface area contributed by atoms with Gasteiger partial charge < -0.3 is 15.1 Å². The van der Waals surface area contributed by atoms with Crippen LogP contribution in [0.3, 0.4) is 0 Å². The van der Waals surface area contributed by atoms with E-state index in [1.54, 1.807) is 12.1 Å². The fraction of sp³-hybridized carbons (Fsp3) is 0.214. The van der Waals surface area contributed by atoms with Gasteiger partial charge in [0.05, 0.1) is 11.3 Å². The minimum Gasteiger partial charge on any atom is -0.378 e. The van der Waals surface area contributed by atoms with Gasteiger partial charge in [-0.1, -0.05) is 23.8 Å². The van der Waals surface area contributed by atoms with E-state index in [9.17, 15) is 9.59 Å². The highest BCUT2D eigenvalue weighted by atomic mass is 16.2. The van der Waals surface area contributed by atoms with Gasteiger partial charge in [-0.3, -0.25) is 9.59 Å². The van der Waals surface area contributed by atoms with Crippen LogP contribution in [0.25, 0.3) is 5.57 Å². The molecule has 0 unspecified atom stereocenters. The number of carbonyl (C=O) groups is 2. The van der Waals surface area contributed by atoms with Gasteiger partial charge in [-0.15, -0.1) is 0 Å². The Hall–Kier alpha value is -4.06. The van der Waals surface area contributed by atoms with Crippen LogP contribution in [0.1, 0.15) is 16.7 Å². The fourth-order valence-corrected chi connectivity index (χ4v) is 4.11. The van der Waals surface area contributed by atoms with Gasteiger partial charge >= 0.3 is 0 Å². The highest BCUT2D eigenvalue weighted by molar-refractivity contribution is 6.46. The first-order valence-corrected chi connectivity index (χ1v) is 11.2. The maximum Gasteiger partial charge on any atom is 0.282 e. The molecule has 1 aliphatic rings. The summed E-state index contributed by atoms with van der Waals surface area (Å²) in [6, 6.07) is 21.1. The number of aryl methyl sites for hydroxylation is 2. The third kappa shape index (κ3) is 4.27. The Morgan fingerprint density at radius 3 is 1.79 bits per heavy atom. The third-order valence-corrected chi connectivity index (χ3v) is 6.01. The number of nitrogens with zero attached hydrogens (tertiary/aromatic N) is 3. The smallest absolute Gasteiger partial charge is 0.282 e. The van der Waals surface area contributed by atoms with Crippen molar-refractivity contribution in [3.63, 3.8) is 0 Å². The van der Waals surface area contributed by atoms with Gasteiger partial charge in [-0.05, 0) is 73.5 Å². The zero-order chi connectivity index (χ0) is 24.6. The van der Waals surface area contributed by atoms with E-state index in [2.05, 4.69) is 5.32 Å². The monoisotopic (exact) mass is 454 g/mol. The summed E-state index contributed by atoms with van der Waals surface area (Å²) in [4.78, 5) is 32.6. The largest absolute Gasteiger partial charge is 0.378 e. The second-order valence-electron chi connectivity index (χ2n) is 8.99. The molecule has 0 saturated carbocycles. The summed E-state index contributed by atoms with van der Waals surface area (Å²) in [6.07, 6.45) is 0. The Kier molecular flexibility index (Phi) is 6.16. The van der Waals surface area contributed by atoms with Gasteiger partial charge in [0, 0.05) is 45.3 Å². The van der Waals surface area contributed by atoms with E-state index in [-0.39, 0.29) is 17.5 Å². The molecule has 0 fully saturated rings. The lowest BCUT2D eigenvalue weighted by atomic mass is 9.97. The molecule has 0 radical (unpaired) electrons. The average Bonchev–Trinajstić information content (AvgIpc) is 3.03. The lowest BCUT2D eigenvalue weighted by Gasteiger charge is -2.18. The van der Waals surface area contributed by atoms with Crippen LogP contribution in [0.15, 0.2) is 72.4 Å². The Morgan fingerprint density at radius 2 is 1.26 bits per heavy atom. The summed E-state index contributed by atoms with van der Waals surface area (Å²) in [6.45, 7) is 3.97. The van der Waals surface area contributed by atoms with Gasteiger partial charge in [-0.2, -0.15) is 0 Å². The van der Waals surface area contributed by atoms with Crippen LogP contribution in [0.5, 0.6) is 0 Å². The summed E-state index contributed by atoms with van der Waals surface area (Å²) in [5.74, 6) is -0.698. The number of benzene rings is 3. The van der Waals surface area contributed by atoms with E-state index in [1.165, 1.54) is 4.90 Å². The molecular weight excluding hydrogens is 424 g/mol. The van der Waals surface area contributed by atoms with Crippen molar-refractivity contribution >= 4 is 40.1 Å². The molecule has 6 heteroatoms. The molecule has 3 aromatic rings. The lowest BCUT2D eigenvalue weighted by molar-refractivity contribution is -0.120. The molecule has 0 aliphatic carbocycles. The van der Waals surface area contributed by atoms with Crippen molar-refractivity contribution < 1.29 is 9.59 Å². The second-order valence-corrected chi connectivity index (χ2v) is 8.99. The maximum atomic E-state index is 13.7. The van der Waals surface area contributed by atoms with Crippen molar-refractivity contribution in [2.45, 2.75) is 13.8 Å². The standard InChI is InChI=1S/C28H30N4O2/c1-18-7-16-24(19(2)17-18)25-26(29-20-8-10-21(11-9-20)30(3)4)28(34)32(27(25)33)23-14-12-22(13-15-23)31(5)6/h7-17,29H,1-6H3. The van der Waals surface area contributed by atoms with Crippen molar-refractivity contribution in [3.05, 3.63) is 89.1 Å². The first kappa shape index (κ1) is 23.1. The predicted octanol–water partition coefficient (Wildman–Crippen LogP) is 4.83. The maximum absolute atomic E-state index is 13.7. The van der Waals surface area contributed by atoms with Crippen LogP contribution in [0, 0.1) is 13.8 Å². The van der Waals surface area contributed by atoms with Gasteiger partial charge in [0.1, 0.15) is 5.70 Å². The lowest BCUT2D eigenvalue weighted by Crippen LogP contribution is -2.32. The molecule has 3 aromatic carbocycles. The summed E-state index contributed by atoms with van der Waals surface area (Å²) >= 11 is 0. The minimum absolute atomic E-state index is 0.284. The number of imide groups is 1. The molecule has 0 aromatic heterocycles. The Balaban J connectivity index is 1.79. The van der Waals surface area contributed by atoms with Crippen LogP contribution in [0.4, 0.5) is 22.7 Å². The van der Waals surface area contributed by atoms with Crippen molar-refractivity contribution in [3.8, 4) is 0 Å². The summed E-state index contributed by atoms with van der Waals surface area (Å²) in [7, 11) is 7.85. The van der Waals surface area contributed by atoms with E-state index >= 15 is 0 Å². The van der Waals surface area contributed by atoms with Gasteiger partial charge in [0.25, 0.3) is 11.8 Å². The molecule has 2 amide bonds. The highest BCUT2D eigenvalue weighted by Gasteiger charge is 2.40. The predicted molar refractivity (Wildman–Crippen MR) is 140 cm³/mol. The van der Waals surface area contributed by atoms with E-state index in [0.29, 0.717) is 11.3 Å². The van der Waals surface area contributed by atoms with Crippen LogP contribution < -0.4 is 20.0 Å². The van der Waals surface area contributed by atoms with E-state index in [0.717, 1.165) is 33.8 Å². The SMILES string of the molecule is Cc1ccc(C2=C(Nc3ccc(N(C)C)cc3)C(=O)N(c3ccc(N(C)C)cc3)C2=O)c(C)c1. The molecule has 34 heavy (non-hydrogen) atoms. The third-order valence-electron chi connectivity index (χ3n) is 6.01. The number of amides is 2. The van der Waals surface area contributed by atoms with Crippen molar-refractivity contribution in [1.82, 2.24) is 0 Å². The van der Waals surface area contributed by atoms with E-state index in [4.69, 9.17) is 0 Å². The molecule has 0 saturated heterocycles. The number of carbonyl (C=O) groups excluding carboxylic acids is 2. The van der Waals surface area contributed by atoms with Crippen molar-refractivity contribution in [2.75, 3.05) is 48.2 Å². The number of hydrogen-bond donors (Lipinski definition) is 1. The first-order valence-electron chi connectivity index (χ1n) is 11.2. The van der Waals surface area contributed by atoms with Crippen LogP contribution in [-0.4, -0.2) is 40.0 Å². The normalized spacial score (nSPS) is 13.5. The summed E-state index contributed by atoms with van der Waals surface area (Å²) in [5, 5.41) is 3.25. The zero-order valence-corrected chi connectivity index (χ0v) is 20.5. The Bertz CT molecular complexity index is 1270. The molecular formula is C28H30N4O2. The first-order chi connectivity index (χ1) is 16.2. The Labute approximate surface area is 201 Å². The molecule has 0 atom stereocenters. The van der Waals surface area contributed by atoms with E-state index in [1.807, 2.05) is 106 Å². The zero-order valence-electron chi connectivity index (χ0n) is 20.5. The average molecular weight is 455 g/mol. The quantitative estimate of drug-likeness (QED) is 0.541. The summed E-state index contributed by atoms with van der Waals surface area (Å²) in [5.41, 5.74) is 6.80. The number of nitrogens with one attached hydrogen (secondary N) is 1.